The number of rotatable bonds is 15. The van der Waals surface area contributed by atoms with Crippen LogP contribution in [0.15, 0.2) is 48.5 Å². The van der Waals surface area contributed by atoms with Gasteiger partial charge in [-0.3, -0.25) is 9.80 Å². The van der Waals surface area contributed by atoms with Crippen molar-refractivity contribution in [3.05, 3.63) is 59.7 Å². The number of amides is 2. The lowest BCUT2D eigenvalue weighted by Crippen LogP contribution is -2.27. The average Bonchev–Trinajstić information content (AvgIpc) is 3.01. The van der Waals surface area contributed by atoms with E-state index in [4.69, 9.17) is 9.47 Å². The van der Waals surface area contributed by atoms with Gasteiger partial charge in [0.05, 0.1) is 0 Å². The van der Waals surface area contributed by atoms with Crippen molar-refractivity contribution in [2.24, 2.45) is 0 Å². The van der Waals surface area contributed by atoms with Gasteiger partial charge in [-0.2, -0.15) is 0 Å². The first-order chi connectivity index (χ1) is 20.2. The molecule has 238 valence electrons. The van der Waals surface area contributed by atoms with Crippen LogP contribution < -0.4 is 9.47 Å². The molecule has 2 amide bonds. The molecule has 0 atom stereocenters. The zero-order chi connectivity index (χ0) is 31.9. The van der Waals surface area contributed by atoms with Crippen LogP contribution in [0.25, 0.3) is 0 Å². The van der Waals surface area contributed by atoms with Gasteiger partial charge in [0, 0.05) is 52.4 Å². The number of carbonyl (C=O) groups is 2. The Labute approximate surface area is 271 Å². The number of nitrogens with zero attached hydrogens (tertiary/aromatic N) is 4. The van der Waals surface area contributed by atoms with Crippen molar-refractivity contribution in [2.75, 3.05) is 66.0 Å². The van der Waals surface area contributed by atoms with E-state index in [1.54, 1.807) is 28.2 Å². The molecule has 2 aromatic rings. The lowest BCUT2D eigenvalue weighted by Gasteiger charge is -2.23. The van der Waals surface area contributed by atoms with E-state index in [1.807, 2.05) is 60.2 Å². The van der Waals surface area contributed by atoms with E-state index in [1.165, 1.54) is 22.6 Å². The first-order valence-electron chi connectivity index (χ1n) is 14.4. The van der Waals surface area contributed by atoms with E-state index < -0.39 is 0 Å². The van der Waals surface area contributed by atoms with Crippen LogP contribution in [0.5, 0.6) is 11.5 Å². The predicted octanol–water partition coefficient (Wildman–Crippen LogP) is 7.73. The Balaban J connectivity index is 0.00000402. The normalized spacial score (nSPS) is 10.3. The second kappa shape index (κ2) is 24.3. The monoisotopic (exact) mass is 714 g/mol. The molecule has 2 aromatic carbocycles. The third-order valence-electron chi connectivity index (χ3n) is 6.45. The Morgan fingerprint density at radius 1 is 0.595 bits per heavy atom. The van der Waals surface area contributed by atoms with Crippen LogP contribution in [0.4, 0.5) is 9.59 Å². The molecule has 0 unspecified atom stereocenters. The van der Waals surface area contributed by atoms with E-state index in [0.717, 1.165) is 63.2 Å². The highest BCUT2D eigenvalue weighted by Crippen LogP contribution is 2.22. The fourth-order valence-corrected chi connectivity index (χ4v) is 4.04. The number of hydrogen-bond donors (Lipinski definition) is 0. The summed E-state index contributed by atoms with van der Waals surface area (Å²) < 4.78 is 11.1. The van der Waals surface area contributed by atoms with Crippen LogP contribution in [0.2, 0.25) is 0 Å². The zero-order valence-electron chi connectivity index (χ0n) is 26.9. The van der Waals surface area contributed by atoms with Crippen molar-refractivity contribution in [3.63, 3.8) is 0 Å². The van der Waals surface area contributed by atoms with Crippen molar-refractivity contribution in [2.45, 2.75) is 52.6 Å². The molecule has 0 N–H and O–H groups in total. The SMILES string of the molecule is CBr.CBr.CCN(CCCCCCN(CC)Cc1ccccc1OC(=O)N(C)C)Cc1ccccc1OC(=O)N(C)C. The van der Waals surface area contributed by atoms with E-state index in [0.29, 0.717) is 11.5 Å². The minimum Gasteiger partial charge on any atom is -0.410 e. The smallest absolute Gasteiger partial charge is 0.410 e. The third-order valence-corrected chi connectivity index (χ3v) is 6.45. The zero-order valence-corrected chi connectivity index (χ0v) is 30.0. The average molecular weight is 717 g/mol. The summed E-state index contributed by atoms with van der Waals surface area (Å²) in [7, 11) is 6.74. The van der Waals surface area contributed by atoms with E-state index >= 15 is 0 Å². The molecule has 0 aliphatic heterocycles. The molecule has 0 aliphatic carbocycles. The van der Waals surface area contributed by atoms with Crippen LogP contribution in [0.3, 0.4) is 0 Å². The second-order valence-electron chi connectivity index (χ2n) is 9.89. The Morgan fingerprint density at radius 2 is 0.929 bits per heavy atom. The predicted molar refractivity (Wildman–Crippen MR) is 182 cm³/mol. The van der Waals surface area contributed by atoms with Crippen molar-refractivity contribution >= 4 is 44.0 Å². The summed E-state index contributed by atoms with van der Waals surface area (Å²) in [5, 5.41) is 0. The van der Waals surface area contributed by atoms with Crippen molar-refractivity contribution in [1.29, 1.82) is 0 Å². The van der Waals surface area contributed by atoms with E-state index in [2.05, 4.69) is 55.5 Å². The Kier molecular flexibility index (Phi) is 23.1. The molecule has 8 nitrogen and oxygen atoms in total. The molecule has 2 rings (SSSR count). The molecule has 0 aliphatic rings. The standard InChI is InChI=1S/C30H46N4O4.2CH3Br/c1-7-33(23-25-17-11-13-19-27(25)37-29(35)31(3)4)21-15-9-10-16-22-34(8-2)24-26-18-12-14-20-28(26)38-30(36)32(5)6;2*1-2/h11-14,17-20H,7-10,15-16,21-24H2,1-6H3;2*1H3. The molecular weight excluding hydrogens is 664 g/mol. The number of para-hydroxylation sites is 2. The number of alkyl halides is 2. The Bertz CT molecular complexity index is 928. The molecule has 0 fully saturated rings. The fraction of sp³-hybridized carbons (Fsp3) is 0.562. The number of halogens is 2. The maximum Gasteiger partial charge on any atom is 0.414 e. The highest BCUT2D eigenvalue weighted by Gasteiger charge is 2.14. The summed E-state index contributed by atoms with van der Waals surface area (Å²) in [6, 6.07) is 15.5. The van der Waals surface area contributed by atoms with Crippen LogP contribution in [0, 0.1) is 0 Å². The number of unbranched alkanes of at least 4 members (excludes halogenated alkanes) is 3. The van der Waals surface area contributed by atoms with Gasteiger partial charge in [0.2, 0.25) is 0 Å². The van der Waals surface area contributed by atoms with Gasteiger partial charge in [0.25, 0.3) is 0 Å². The topological polar surface area (TPSA) is 65.6 Å². The van der Waals surface area contributed by atoms with Crippen LogP contribution in [0.1, 0.15) is 50.7 Å². The summed E-state index contributed by atoms with van der Waals surface area (Å²) in [6.07, 6.45) is 3.87. The summed E-state index contributed by atoms with van der Waals surface area (Å²) >= 11 is 5.88. The third kappa shape index (κ3) is 15.9. The van der Waals surface area contributed by atoms with Crippen molar-refractivity contribution < 1.29 is 19.1 Å². The molecule has 0 radical (unpaired) electrons. The van der Waals surface area contributed by atoms with Crippen LogP contribution in [-0.2, 0) is 13.1 Å². The van der Waals surface area contributed by atoms with Crippen molar-refractivity contribution in [1.82, 2.24) is 19.6 Å². The molecule has 10 heteroatoms. The molecule has 0 aromatic heterocycles. The van der Waals surface area contributed by atoms with Gasteiger partial charge >= 0.3 is 12.2 Å². The molecule has 0 bridgehead atoms. The summed E-state index contributed by atoms with van der Waals surface area (Å²) in [4.78, 5) is 31.7. The van der Waals surface area contributed by atoms with Gasteiger partial charge in [-0.15, -0.1) is 0 Å². The number of hydrogen-bond acceptors (Lipinski definition) is 6. The first-order valence-corrected chi connectivity index (χ1v) is 17.6. The molecule has 0 heterocycles. The first kappa shape index (κ1) is 39.9. The summed E-state index contributed by atoms with van der Waals surface area (Å²) in [5.74, 6) is 4.88. The fourth-order valence-electron chi connectivity index (χ4n) is 4.04. The minimum atomic E-state index is -0.361. The van der Waals surface area contributed by atoms with Gasteiger partial charge in [0.1, 0.15) is 11.5 Å². The highest BCUT2D eigenvalue weighted by atomic mass is 79.9. The van der Waals surface area contributed by atoms with E-state index in [-0.39, 0.29) is 12.2 Å². The lowest BCUT2D eigenvalue weighted by molar-refractivity contribution is 0.169. The van der Waals surface area contributed by atoms with Crippen LogP contribution in [-0.4, -0.2) is 97.8 Å². The second-order valence-corrected chi connectivity index (χ2v) is 9.89. The summed E-state index contributed by atoms with van der Waals surface area (Å²) in [6.45, 7) is 9.75. The number of benzene rings is 2. The van der Waals surface area contributed by atoms with Gasteiger partial charge in [-0.05, 0) is 62.8 Å². The van der Waals surface area contributed by atoms with Gasteiger partial charge in [0.15, 0.2) is 0 Å². The highest BCUT2D eigenvalue weighted by molar-refractivity contribution is 9.09. The van der Waals surface area contributed by atoms with Gasteiger partial charge < -0.3 is 19.3 Å². The molecular formula is C32H52Br2N4O4. The molecule has 0 spiro atoms. The lowest BCUT2D eigenvalue weighted by atomic mass is 10.1. The van der Waals surface area contributed by atoms with Crippen LogP contribution >= 0.6 is 31.9 Å². The minimum absolute atomic E-state index is 0.361. The summed E-state index contributed by atoms with van der Waals surface area (Å²) in [5.41, 5.74) is 2.05. The van der Waals surface area contributed by atoms with Crippen molar-refractivity contribution in [3.8, 4) is 11.5 Å². The maximum atomic E-state index is 12.0. The molecule has 0 saturated heterocycles. The molecule has 0 saturated carbocycles. The number of ether oxygens (including phenoxy) is 2. The number of carbonyl (C=O) groups excluding carboxylic acids is 2. The maximum absolute atomic E-state index is 12.0. The van der Waals surface area contributed by atoms with Gasteiger partial charge in [-0.25, -0.2) is 9.59 Å². The Hall–Kier alpha value is -2.14. The van der Waals surface area contributed by atoms with Gasteiger partial charge in [-0.1, -0.05) is 94.9 Å². The van der Waals surface area contributed by atoms with E-state index in [9.17, 15) is 9.59 Å². The largest absolute Gasteiger partial charge is 0.414 e. The quantitative estimate of drug-likeness (QED) is 0.139. The Morgan fingerprint density at radius 3 is 1.24 bits per heavy atom. The molecule has 42 heavy (non-hydrogen) atoms.